The predicted octanol–water partition coefficient (Wildman–Crippen LogP) is 11.1. The Morgan fingerprint density at radius 2 is 0.969 bits per heavy atom. The average molecular weight is 529 g/mol. The number of fused-ring (bicyclic) bond motifs is 2. The molecule has 0 heterocycles. The molecule has 0 nitrogen and oxygen atoms in total. The van der Waals surface area contributed by atoms with Crippen LogP contribution in [0.5, 0.6) is 0 Å². The highest BCUT2D eigenvalue weighted by atomic mass is 33.5. The van der Waals surface area contributed by atoms with Crippen LogP contribution in [0.1, 0.15) is 32.1 Å². The monoisotopic (exact) mass is 528 g/mol. The number of benzene rings is 4. The first kappa shape index (κ1) is 23.3. The summed E-state index contributed by atoms with van der Waals surface area (Å²) in [6.45, 7) is 0. The zero-order valence-corrected chi connectivity index (χ0v) is 22.5. The van der Waals surface area contributed by atoms with Gasteiger partial charge in [-0.15, -0.1) is 0 Å². The van der Waals surface area contributed by atoms with Crippen LogP contribution in [-0.2, 0) is 0 Å². The van der Waals surface area contributed by atoms with Gasteiger partial charge in [-0.05, 0) is 99.9 Å². The fourth-order valence-corrected chi connectivity index (χ4v) is 15.8. The molecule has 1 aliphatic rings. The fourth-order valence-electron chi connectivity index (χ4n) is 3.95. The lowest BCUT2D eigenvalue weighted by atomic mass is 10.00. The van der Waals surface area contributed by atoms with Gasteiger partial charge >= 0.3 is 0 Å². The standard InChI is InChI=1S/C26H24S6/c1-6-16-26(17-7-1,29-31-27-24-14-12-20-8-2-4-10-22(20)18-24)30-32-28-25-15-13-21-9-3-5-11-23(21)19-25/h2-5,8-15,18-19H,1,6-7,16-17H2. The molecule has 0 aliphatic heterocycles. The normalized spacial score (nSPS) is 15.9. The van der Waals surface area contributed by atoms with Crippen molar-refractivity contribution in [2.75, 3.05) is 0 Å². The van der Waals surface area contributed by atoms with Gasteiger partial charge in [0.15, 0.2) is 0 Å². The van der Waals surface area contributed by atoms with Crippen LogP contribution in [0.25, 0.3) is 21.5 Å². The minimum atomic E-state index is 0.307. The molecule has 0 spiro atoms. The molecular formula is C26H24S6. The smallest absolute Gasteiger partial charge is 0.0634 e. The molecule has 0 radical (unpaired) electrons. The van der Waals surface area contributed by atoms with Gasteiger partial charge in [0.05, 0.1) is 4.08 Å². The van der Waals surface area contributed by atoms with E-state index in [1.54, 1.807) is 0 Å². The third-order valence-corrected chi connectivity index (χ3v) is 15.7. The Labute approximate surface area is 213 Å². The highest BCUT2D eigenvalue weighted by molar-refractivity contribution is 9.14. The van der Waals surface area contributed by atoms with Gasteiger partial charge in [0.25, 0.3) is 0 Å². The van der Waals surface area contributed by atoms with Crippen LogP contribution >= 0.6 is 62.8 Å². The number of hydrogen-bond acceptors (Lipinski definition) is 6. The van der Waals surface area contributed by atoms with E-state index in [9.17, 15) is 0 Å². The minimum Gasteiger partial charge on any atom is -0.0634 e. The maximum absolute atomic E-state index is 2.32. The Balaban J connectivity index is 1.19. The molecule has 1 aliphatic carbocycles. The molecule has 0 unspecified atom stereocenters. The zero-order chi connectivity index (χ0) is 21.6. The quantitative estimate of drug-likeness (QED) is 0.163. The molecule has 6 heteroatoms. The summed E-state index contributed by atoms with van der Waals surface area (Å²) in [5, 5.41) is 5.28. The van der Waals surface area contributed by atoms with E-state index in [4.69, 9.17) is 0 Å². The second-order valence-electron chi connectivity index (χ2n) is 7.96. The zero-order valence-electron chi connectivity index (χ0n) is 17.6. The van der Waals surface area contributed by atoms with Crippen LogP contribution in [0.4, 0.5) is 0 Å². The van der Waals surface area contributed by atoms with Crippen molar-refractivity contribution in [2.24, 2.45) is 0 Å². The van der Waals surface area contributed by atoms with Crippen LogP contribution in [-0.4, -0.2) is 4.08 Å². The molecule has 32 heavy (non-hydrogen) atoms. The fraction of sp³-hybridized carbons (Fsp3) is 0.231. The van der Waals surface area contributed by atoms with E-state index in [0.29, 0.717) is 4.08 Å². The Kier molecular flexibility index (Phi) is 8.20. The van der Waals surface area contributed by atoms with Gasteiger partial charge in [-0.25, -0.2) is 0 Å². The van der Waals surface area contributed by atoms with Crippen molar-refractivity contribution in [3.05, 3.63) is 84.9 Å². The second kappa shape index (κ2) is 11.3. The van der Waals surface area contributed by atoms with E-state index < -0.39 is 0 Å². The van der Waals surface area contributed by atoms with Crippen molar-refractivity contribution in [3.8, 4) is 0 Å². The first-order chi connectivity index (χ1) is 15.8. The van der Waals surface area contributed by atoms with Crippen molar-refractivity contribution in [3.63, 3.8) is 0 Å². The maximum Gasteiger partial charge on any atom is 0.0834 e. The van der Waals surface area contributed by atoms with Gasteiger partial charge < -0.3 is 0 Å². The largest absolute Gasteiger partial charge is 0.0834 e. The molecule has 1 fully saturated rings. The van der Waals surface area contributed by atoms with Crippen molar-refractivity contribution in [1.82, 2.24) is 0 Å². The van der Waals surface area contributed by atoms with Gasteiger partial charge in [0.1, 0.15) is 0 Å². The van der Waals surface area contributed by atoms with Crippen molar-refractivity contribution in [1.29, 1.82) is 0 Å². The summed E-state index contributed by atoms with van der Waals surface area (Å²) >= 11 is 0. The molecule has 164 valence electrons. The van der Waals surface area contributed by atoms with Crippen molar-refractivity contribution < 1.29 is 0 Å². The molecule has 5 rings (SSSR count). The topological polar surface area (TPSA) is 0 Å². The third kappa shape index (κ3) is 5.94. The summed E-state index contributed by atoms with van der Waals surface area (Å²) in [6.07, 6.45) is 6.69. The summed E-state index contributed by atoms with van der Waals surface area (Å²) in [5.41, 5.74) is 0. The lowest BCUT2D eigenvalue weighted by Crippen LogP contribution is -2.21. The predicted molar refractivity (Wildman–Crippen MR) is 156 cm³/mol. The van der Waals surface area contributed by atoms with Gasteiger partial charge in [-0.3, -0.25) is 0 Å². The highest BCUT2D eigenvalue weighted by Gasteiger charge is 2.34. The molecule has 0 aromatic heterocycles. The molecule has 0 bridgehead atoms. The van der Waals surface area contributed by atoms with E-state index in [-0.39, 0.29) is 0 Å². The summed E-state index contributed by atoms with van der Waals surface area (Å²) in [6, 6.07) is 30.9. The molecule has 0 saturated heterocycles. The van der Waals surface area contributed by atoms with Crippen LogP contribution in [0, 0.1) is 0 Å². The van der Waals surface area contributed by atoms with Crippen molar-refractivity contribution >= 4 is 84.4 Å². The van der Waals surface area contributed by atoms with Gasteiger partial charge in [0, 0.05) is 9.79 Å². The Morgan fingerprint density at radius 1 is 0.500 bits per heavy atom. The number of hydrogen-bond donors (Lipinski definition) is 0. The molecule has 0 amide bonds. The molecule has 1 saturated carbocycles. The maximum atomic E-state index is 2.32. The van der Waals surface area contributed by atoms with Crippen LogP contribution < -0.4 is 0 Å². The van der Waals surface area contributed by atoms with E-state index >= 15 is 0 Å². The van der Waals surface area contributed by atoms with E-state index in [2.05, 4.69) is 107 Å². The lowest BCUT2D eigenvalue weighted by Gasteiger charge is -2.34. The molecule has 0 N–H and O–H groups in total. The summed E-state index contributed by atoms with van der Waals surface area (Å²) in [4.78, 5) is 2.69. The first-order valence-corrected chi connectivity index (χ1v) is 17.8. The Hall–Kier alpha value is -0.500. The summed E-state index contributed by atoms with van der Waals surface area (Å²) in [5.74, 6) is 0. The number of rotatable bonds is 8. The summed E-state index contributed by atoms with van der Waals surface area (Å²) < 4.78 is 0.307. The summed E-state index contributed by atoms with van der Waals surface area (Å²) in [7, 11) is 11.9. The van der Waals surface area contributed by atoms with E-state index in [0.717, 1.165) is 0 Å². The molecule has 0 atom stereocenters. The average Bonchev–Trinajstić information content (AvgIpc) is 2.84. The van der Waals surface area contributed by atoms with Crippen LogP contribution in [0.3, 0.4) is 0 Å². The minimum absolute atomic E-state index is 0.307. The molecule has 4 aromatic carbocycles. The first-order valence-electron chi connectivity index (χ1n) is 10.8. The van der Waals surface area contributed by atoms with Gasteiger partial charge in [-0.2, -0.15) is 0 Å². The Morgan fingerprint density at radius 3 is 1.47 bits per heavy atom. The molecule has 4 aromatic rings. The van der Waals surface area contributed by atoms with Crippen LogP contribution in [0.2, 0.25) is 0 Å². The van der Waals surface area contributed by atoms with Crippen LogP contribution in [0.15, 0.2) is 94.7 Å². The Bertz CT molecular complexity index is 1100. The van der Waals surface area contributed by atoms with Gasteiger partial charge in [0.2, 0.25) is 0 Å². The van der Waals surface area contributed by atoms with E-state index in [1.807, 2.05) is 41.2 Å². The third-order valence-electron chi connectivity index (χ3n) is 5.69. The van der Waals surface area contributed by atoms with Gasteiger partial charge in [-0.1, -0.05) is 102 Å². The highest BCUT2D eigenvalue weighted by Crippen LogP contribution is 2.62. The SMILES string of the molecule is c1ccc2cc(SSSC3(SSSc4ccc5ccccc5c4)CCCCC3)ccc2c1. The molecular weight excluding hydrogens is 505 g/mol. The van der Waals surface area contributed by atoms with E-state index in [1.165, 1.54) is 63.4 Å². The van der Waals surface area contributed by atoms with Crippen molar-refractivity contribution in [2.45, 2.75) is 46.0 Å². The lowest BCUT2D eigenvalue weighted by molar-refractivity contribution is 0.494. The second-order valence-corrected chi connectivity index (χ2v) is 16.9.